The molecule has 0 aromatic heterocycles. The fraction of sp³-hybridized carbons (Fsp3) is 0.0952. The van der Waals surface area contributed by atoms with E-state index in [9.17, 15) is 14.9 Å². The highest BCUT2D eigenvalue weighted by molar-refractivity contribution is 6.06. The first-order valence-electron chi connectivity index (χ1n) is 8.27. The monoisotopic (exact) mass is 346 g/mol. The van der Waals surface area contributed by atoms with Crippen LogP contribution in [0.5, 0.6) is 0 Å². The van der Waals surface area contributed by atoms with Crippen molar-refractivity contribution in [1.82, 2.24) is 0 Å². The Hall–Kier alpha value is -3.47. The lowest BCUT2D eigenvalue weighted by Crippen LogP contribution is -2.38. The number of hydrogen-bond acceptors (Lipinski definition) is 3. The van der Waals surface area contributed by atoms with Crippen LogP contribution in [0.4, 0.5) is 5.69 Å². The number of rotatable bonds is 6. The number of nitro groups is 1. The molecule has 3 aromatic rings. The van der Waals surface area contributed by atoms with Gasteiger partial charge in [0.2, 0.25) is 6.54 Å². The smallest absolute Gasteiger partial charge is 0.259 e. The van der Waals surface area contributed by atoms with Gasteiger partial charge in [0.15, 0.2) is 0 Å². The Morgan fingerprint density at radius 3 is 1.88 bits per heavy atom. The molecule has 0 heterocycles. The number of carbonyl (C=O) groups is 1. The van der Waals surface area contributed by atoms with Crippen LogP contribution in [0.15, 0.2) is 91.0 Å². The lowest BCUT2D eigenvalue weighted by Gasteiger charge is -2.30. The Morgan fingerprint density at radius 1 is 0.846 bits per heavy atom. The van der Waals surface area contributed by atoms with Gasteiger partial charge in [0.1, 0.15) is 6.04 Å². The number of nitrogens with zero attached hydrogens (tertiary/aromatic N) is 2. The summed E-state index contributed by atoms with van der Waals surface area (Å²) in [7, 11) is 0. The van der Waals surface area contributed by atoms with Crippen molar-refractivity contribution in [2.24, 2.45) is 0 Å². The largest absolute Gasteiger partial charge is 0.294 e. The van der Waals surface area contributed by atoms with Crippen molar-refractivity contribution < 1.29 is 9.72 Å². The van der Waals surface area contributed by atoms with Gasteiger partial charge in [0.25, 0.3) is 5.91 Å². The van der Waals surface area contributed by atoms with Crippen LogP contribution in [0.3, 0.4) is 0 Å². The fourth-order valence-corrected chi connectivity index (χ4v) is 2.90. The maximum absolute atomic E-state index is 13.2. The molecular formula is C21H18N2O3. The predicted molar refractivity (Wildman–Crippen MR) is 101 cm³/mol. The molecule has 0 spiro atoms. The van der Waals surface area contributed by atoms with Crippen LogP contribution < -0.4 is 4.90 Å². The van der Waals surface area contributed by atoms with Crippen LogP contribution in [-0.2, 0) is 0 Å². The topological polar surface area (TPSA) is 63.5 Å². The summed E-state index contributed by atoms with van der Waals surface area (Å²) in [6.45, 7) is -0.377. The van der Waals surface area contributed by atoms with Gasteiger partial charge >= 0.3 is 0 Å². The molecule has 0 bridgehead atoms. The molecule has 3 rings (SSSR count). The molecule has 0 fully saturated rings. The summed E-state index contributed by atoms with van der Waals surface area (Å²) in [5.74, 6) is -0.271. The first-order valence-corrected chi connectivity index (χ1v) is 8.27. The molecule has 1 atom stereocenters. The van der Waals surface area contributed by atoms with E-state index in [2.05, 4.69) is 0 Å². The molecule has 0 aliphatic carbocycles. The normalized spacial score (nSPS) is 11.5. The number of carbonyl (C=O) groups excluding carboxylic acids is 1. The van der Waals surface area contributed by atoms with E-state index in [1.54, 1.807) is 36.4 Å². The van der Waals surface area contributed by atoms with Crippen LogP contribution in [0.2, 0.25) is 0 Å². The summed E-state index contributed by atoms with van der Waals surface area (Å²) < 4.78 is 0. The van der Waals surface area contributed by atoms with E-state index in [1.807, 2.05) is 54.6 Å². The van der Waals surface area contributed by atoms with Crippen LogP contribution in [0.25, 0.3) is 0 Å². The maximum Gasteiger partial charge on any atom is 0.259 e. The standard InChI is InChI=1S/C21H18N2O3/c24-21(18-12-6-2-7-13-18)23(19-14-8-3-9-15-19)20(16-22(25)26)17-10-4-1-5-11-17/h1-15,20H,16H2. The van der Waals surface area contributed by atoms with Gasteiger partial charge in [-0.15, -0.1) is 0 Å². The minimum Gasteiger partial charge on any atom is -0.294 e. The Labute approximate surface area is 151 Å². The summed E-state index contributed by atoms with van der Waals surface area (Å²) in [5, 5.41) is 11.3. The summed E-state index contributed by atoms with van der Waals surface area (Å²) in [6.07, 6.45) is 0. The first-order chi connectivity index (χ1) is 12.7. The highest BCUT2D eigenvalue weighted by Crippen LogP contribution is 2.29. The third kappa shape index (κ3) is 3.95. The van der Waals surface area contributed by atoms with Crippen molar-refractivity contribution in [2.75, 3.05) is 11.4 Å². The van der Waals surface area contributed by atoms with Gasteiger partial charge in [-0.2, -0.15) is 0 Å². The quantitative estimate of drug-likeness (QED) is 0.492. The van der Waals surface area contributed by atoms with Crippen molar-refractivity contribution in [1.29, 1.82) is 0 Å². The SMILES string of the molecule is O=C(c1ccccc1)N(c1ccccc1)C(C[N+](=O)[O-])c1ccccc1. The van der Waals surface area contributed by atoms with Gasteiger partial charge in [-0.1, -0.05) is 66.7 Å². The van der Waals surface area contributed by atoms with E-state index in [-0.39, 0.29) is 17.4 Å². The van der Waals surface area contributed by atoms with E-state index in [0.717, 1.165) is 5.56 Å². The number of amides is 1. The van der Waals surface area contributed by atoms with E-state index in [0.29, 0.717) is 11.3 Å². The molecule has 5 heteroatoms. The third-order valence-electron chi connectivity index (χ3n) is 4.09. The van der Waals surface area contributed by atoms with Crippen molar-refractivity contribution >= 4 is 11.6 Å². The second-order valence-corrected chi connectivity index (χ2v) is 5.82. The molecule has 0 radical (unpaired) electrons. The number of anilines is 1. The molecule has 26 heavy (non-hydrogen) atoms. The van der Waals surface area contributed by atoms with E-state index >= 15 is 0 Å². The van der Waals surface area contributed by atoms with Crippen molar-refractivity contribution in [3.8, 4) is 0 Å². The molecule has 0 saturated heterocycles. The number of hydrogen-bond donors (Lipinski definition) is 0. The lowest BCUT2D eigenvalue weighted by atomic mass is 10.0. The minimum absolute atomic E-state index is 0.271. The van der Waals surface area contributed by atoms with Crippen LogP contribution in [-0.4, -0.2) is 17.4 Å². The molecule has 0 aliphatic rings. The zero-order valence-corrected chi connectivity index (χ0v) is 14.1. The molecule has 0 N–H and O–H groups in total. The molecule has 130 valence electrons. The molecule has 5 nitrogen and oxygen atoms in total. The Bertz CT molecular complexity index is 868. The van der Waals surface area contributed by atoms with Crippen molar-refractivity contribution in [3.63, 3.8) is 0 Å². The van der Waals surface area contributed by atoms with Crippen molar-refractivity contribution in [3.05, 3.63) is 112 Å². The number of benzene rings is 3. The second-order valence-electron chi connectivity index (χ2n) is 5.82. The molecular weight excluding hydrogens is 328 g/mol. The molecule has 0 aliphatic heterocycles. The summed E-state index contributed by atoms with van der Waals surface area (Å²) in [5.41, 5.74) is 1.83. The van der Waals surface area contributed by atoms with Gasteiger partial charge in [-0.3, -0.25) is 19.8 Å². The van der Waals surface area contributed by atoms with Gasteiger partial charge in [-0.25, -0.2) is 0 Å². The van der Waals surface area contributed by atoms with Crippen molar-refractivity contribution in [2.45, 2.75) is 6.04 Å². The zero-order chi connectivity index (χ0) is 18.4. The molecule has 1 unspecified atom stereocenters. The number of para-hydroxylation sites is 1. The Kier molecular flexibility index (Phi) is 5.39. The minimum atomic E-state index is -0.707. The van der Waals surface area contributed by atoms with Gasteiger partial charge in [0.05, 0.1) is 0 Å². The predicted octanol–water partition coefficient (Wildman–Crippen LogP) is 4.35. The van der Waals surface area contributed by atoms with Crippen LogP contribution in [0, 0.1) is 10.1 Å². The van der Waals surface area contributed by atoms with Crippen LogP contribution in [0.1, 0.15) is 22.0 Å². The Balaban J connectivity index is 2.11. The van der Waals surface area contributed by atoms with Gasteiger partial charge < -0.3 is 0 Å². The lowest BCUT2D eigenvalue weighted by molar-refractivity contribution is -0.483. The van der Waals surface area contributed by atoms with E-state index in [4.69, 9.17) is 0 Å². The highest BCUT2D eigenvalue weighted by atomic mass is 16.6. The second kappa shape index (κ2) is 8.07. The summed E-state index contributed by atoms with van der Waals surface area (Å²) in [4.78, 5) is 25.7. The highest BCUT2D eigenvalue weighted by Gasteiger charge is 2.31. The zero-order valence-electron chi connectivity index (χ0n) is 14.1. The maximum atomic E-state index is 13.2. The van der Waals surface area contributed by atoms with Crippen LogP contribution >= 0.6 is 0 Å². The van der Waals surface area contributed by atoms with E-state index < -0.39 is 6.04 Å². The van der Waals surface area contributed by atoms with E-state index in [1.165, 1.54) is 4.90 Å². The average Bonchev–Trinajstić information content (AvgIpc) is 2.69. The van der Waals surface area contributed by atoms with Gasteiger partial charge in [-0.05, 0) is 29.8 Å². The summed E-state index contributed by atoms with van der Waals surface area (Å²) >= 11 is 0. The first kappa shape index (κ1) is 17.4. The molecule has 3 aromatic carbocycles. The Morgan fingerprint density at radius 2 is 1.35 bits per heavy atom. The van der Waals surface area contributed by atoms with Gasteiger partial charge in [0, 0.05) is 16.2 Å². The average molecular weight is 346 g/mol. The third-order valence-corrected chi connectivity index (χ3v) is 4.09. The fourth-order valence-electron chi connectivity index (χ4n) is 2.90. The molecule has 0 saturated carbocycles. The summed E-state index contributed by atoms with van der Waals surface area (Å²) in [6, 6.07) is 26.3. The molecule has 1 amide bonds.